The second kappa shape index (κ2) is 7.28. The van der Waals surface area contributed by atoms with Gasteiger partial charge >= 0.3 is 17.8 Å². The largest absolute Gasteiger partial charge is 0.339 e. The number of hydrogen-bond donors (Lipinski definition) is 0. The second-order valence-electron chi connectivity index (χ2n) is 7.60. The lowest BCUT2D eigenvalue weighted by Crippen LogP contribution is -2.59. The summed E-state index contributed by atoms with van der Waals surface area (Å²) in [4.78, 5) is 45.9. The van der Waals surface area contributed by atoms with E-state index in [9.17, 15) is 14.4 Å². The van der Waals surface area contributed by atoms with E-state index >= 15 is 0 Å². The molecule has 1 saturated carbocycles. The summed E-state index contributed by atoms with van der Waals surface area (Å²) >= 11 is 0. The Labute approximate surface area is 157 Å². The van der Waals surface area contributed by atoms with Crippen LogP contribution in [-0.4, -0.2) is 75.4 Å². The molecule has 3 aliphatic rings. The zero-order valence-corrected chi connectivity index (χ0v) is 15.6. The molecule has 3 fully saturated rings. The second-order valence-corrected chi connectivity index (χ2v) is 7.60. The molecular weight excluding hydrogens is 350 g/mol. The molecule has 0 spiro atoms. The molecule has 1 aromatic heterocycles. The Morgan fingerprint density at radius 3 is 2.70 bits per heavy atom. The summed E-state index contributed by atoms with van der Waals surface area (Å²) in [5, 5.41) is 4.04. The highest BCUT2D eigenvalue weighted by Gasteiger charge is 2.38. The Bertz CT molecular complexity index is 744. The van der Waals surface area contributed by atoms with Crippen LogP contribution in [0.3, 0.4) is 0 Å². The van der Waals surface area contributed by atoms with Crippen molar-refractivity contribution in [1.29, 1.82) is 0 Å². The molecule has 3 heterocycles. The molecule has 27 heavy (non-hydrogen) atoms. The van der Waals surface area contributed by atoms with Crippen molar-refractivity contribution in [1.82, 2.24) is 24.8 Å². The maximum absolute atomic E-state index is 12.8. The number of likely N-dealkylation sites (N-methyl/N-ethyl adjacent to an activating group) is 1. The average molecular weight is 375 g/mol. The van der Waals surface area contributed by atoms with Gasteiger partial charge in [-0.25, -0.2) is 4.79 Å². The van der Waals surface area contributed by atoms with Crippen LogP contribution in [0.5, 0.6) is 0 Å². The van der Waals surface area contributed by atoms with E-state index in [1.165, 1.54) is 4.90 Å². The molecule has 0 N–H and O–H groups in total. The molecule has 2 aliphatic heterocycles. The fraction of sp³-hybridized carbons (Fsp3) is 0.722. The van der Waals surface area contributed by atoms with E-state index in [0.29, 0.717) is 44.4 Å². The summed E-state index contributed by atoms with van der Waals surface area (Å²) in [7, 11) is 0. The Balaban J connectivity index is 1.36. The van der Waals surface area contributed by atoms with Gasteiger partial charge < -0.3 is 14.3 Å². The predicted molar refractivity (Wildman–Crippen MR) is 93.6 cm³/mol. The first-order valence-corrected chi connectivity index (χ1v) is 9.79. The van der Waals surface area contributed by atoms with E-state index in [2.05, 4.69) is 10.1 Å². The maximum atomic E-state index is 12.8. The Kier molecular flexibility index (Phi) is 4.84. The van der Waals surface area contributed by atoms with Crippen molar-refractivity contribution in [2.45, 2.75) is 44.9 Å². The van der Waals surface area contributed by atoms with Crippen LogP contribution in [0.2, 0.25) is 0 Å². The molecule has 1 atom stereocenters. The van der Waals surface area contributed by atoms with Gasteiger partial charge in [0, 0.05) is 45.1 Å². The minimum atomic E-state index is -0.721. The van der Waals surface area contributed by atoms with Crippen molar-refractivity contribution in [2.24, 2.45) is 5.92 Å². The van der Waals surface area contributed by atoms with Crippen LogP contribution >= 0.6 is 0 Å². The van der Waals surface area contributed by atoms with Crippen LogP contribution in [0.1, 0.15) is 50.2 Å². The van der Waals surface area contributed by atoms with Gasteiger partial charge in [-0.3, -0.25) is 14.5 Å². The summed E-state index contributed by atoms with van der Waals surface area (Å²) in [5.41, 5.74) is 0. The van der Waals surface area contributed by atoms with Crippen molar-refractivity contribution in [3.05, 3.63) is 11.7 Å². The molecule has 146 valence electrons. The minimum Gasteiger partial charge on any atom is -0.339 e. The van der Waals surface area contributed by atoms with Gasteiger partial charge in [-0.2, -0.15) is 4.98 Å². The molecule has 9 nitrogen and oxygen atoms in total. The first kappa shape index (κ1) is 17.9. The topological polar surface area (TPSA) is 99.8 Å². The number of aromatic nitrogens is 2. The van der Waals surface area contributed by atoms with E-state index in [4.69, 9.17) is 4.52 Å². The third-order valence-electron chi connectivity index (χ3n) is 5.60. The van der Waals surface area contributed by atoms with Crippen LogP contribution in [0, 0.1) is 5.92 Å². The van der Waals surface area contributed by atoms with Gasteiger partial charge in [0.05, 0.1) is 0 Å². The van der Waals surface area contributed by atoms with Crippen LogP contribution in [0.15, 0.2) is 4.52 Å². The summed E-state index contributed by atoms with van der Waals surface area (Å²) in [6, 6.07) is -0.363. The zero-order valence-electron chi connectivity index (χ0n) is 15.6. The quantitative estimate of drug-likeness (QED) is 0.728. The lowest BCUT2D eigenvalue weighted by Gasteiger charge is -2.38. The van der Waals surface area contributed by atoms with E-state index in [0.717, 1.165) is 36.4 Å². The summed E-state index contributed by atoms with van der Waals surface area (Å²) in [5.74, 6) is 0.784. The van der Waals surface area contributed by atoms with Crippen molar-refractivity contribution < 1.29 is 18.9 Å². The number of carbonyl (C=O) groups is 3. The molecule has 1 aromatic rings. The number of imide groups is 1. The number of carbonyl (C=O) groups excluding carboxylic acids is 3. The Morgan fingerprint density at radius 1 is 1.15 bits per heavy atom. The molecule has 2 saturated heterocycles. The highest BCUT2D eigenvalue weighted by Crippen LogP contribution is 2.38. The SMILES string of the molecule is CCN1CCN(C(=O)N2CCCC(Cc3nc(C4CC4)no3)C2)C(=O)C1=O. The number of rotatable bonds is 4. The summed E-state index contributed by atoms with van der Waals surface area (Å²) < 4.78 is 5.36. The normalized spacial score (nSPS) is 23.9. The molecular formula is C18H25N5O4. The van der Waals surface area contributed by atoms with E-state index in [1.54, 1.807) is 4.90 Å². The highest BCUT2D eigenvalue weighted by molar-refractivity contribution is 6.38. The molecule has 4 amide bonds. The number of nitrogens with zero attached hydrogens (tertiary/aromatic N) is 5. The van der Waals surface area contributed by atoms with Gasteiger partial charge in [0.25, 0.3) is 0 Å². The first-order chi connectivity index (χ1) is 13.1. The van der Waals surface area contributed by atoms with Crippen LogP contribution in [-0.2, 0) is 16.0 Å². The number of amides is 4. The standard InChI is InChI=1S/C18H25N5O4/c1-2-21-8-9-23(17(25)16(21)24)18(26)22-7-3-4-12(11-22)10-14-19-15(20-27-14)13-5-6-13/h12-13H,2-11H2,1H3. The lowest BCUT2D eigenvalue weighted by atomic mass is 9.95. The van der Waals surface area contributed by atoms with Crippen molar-refractivity contribution in [3.8, 4) is 0 Å². The van der Waals surface area contributed by atoms with Gasteiger partial charge in [-0.05, 0) is 38.5 Å². The molecule has 9 heteroatoms. The first-order valence-electron chi connectivity index (χ1n) is 9.79. The predicted octanol–water partition coefficient (Wildman–Crippen LogP) is 1.01. The van der Waals surface area contributed by atoms with Crippen LogP contribution in [0.4, 0.5) is 4.79 Å². The number of piperazine rings is 1. The lowest BCUT2D eigenvalue weighted by molar-refractivity contribution is -0.154. The van der Waals surface area contributed by atoms with E-state index in [-0.39, 0.29) is 18.5 Å². The summed E-state index contributed by atoms with van der Waals surface area (Å²) in [6.07, 6.45) is 4.73. The average Bonchev–Trinajstić information content (AvgIpc) is 3.43. The molecule has 0 aromatic carbocycles. The van der Waals surface area contributed by atoms with Gasteiger partial charge in [0.15, 0.2) is 5.82 Å². The smallest absolute Gasteiger partial charge is 0.327 e. The number of urea groups is 1. The van der Waals surface area contributed by atoms with Gasteiger partial charge in [0.2, 0.25) is 5.89 Å². The van der Waals surface area contributed by atoms with E-state index in [1.807, 2.05) is 6.92 Å². The Hall–Kier alpha value is -2.45. The van der Waals surface area contributed by atoms with Gasteiger partial charge in [-0.1, -0.05) is 5.16 Å². The zero-order chi connectivity index (χ0) is 19.0. The van der Waals surface area contributed by atoms with Crippen molar-refractivity contribution >= 4 is 17.8 Å². The maximum Gasteiger partial charge on any atom is 0.327 e. The molecule has 1 unspecified atom stereocenters. The Morgan fingerprint density at radius 2 is 1.96 bits per heavy atom. The van der Waals surface area contributed by atoms with Gasteiger partial charge in [-0.15, -0.1) is 0 Å². The molecule has 1 aliphatic carbocycles. The van der Waals surface area contributed by atoms with Crippen molar-refractivity contribution in [3.63, 3.8) is 0 Å². The minimum absolute atomic E-state index is 0.220. The van der Waals surface area contributed by atoms with Crippen LogP contribution < -0.4 is 0 Å². The molecule has 0 bridgehead atoms. The van der Waals surface area contributed by atoms with Crippen LogP contribution in [0.25, 0.3) is 0 Å². The van der Waals surface area contributed by atoms with E-state index < -0.39 is 11.8 Å². The summed E-state index contributed by atoms with van der Waals surface area (Å²) in [6.45, 7) is 4.09. The molecule has 4 rings (SSSR count). The van der Waals surface area contributed by atoms with Gasteiger partial charge in [0.1, 0.15) is 0 Å². The third-order valence-corrected chi connectivity index (χ3v) is 5.60. The van der Waals surface area contributed by atoms with Crippen molar-refractivity contribution in [2.75, 3.05) is 32.7 Å². The fourth-order valence-corrected chi connectivity index (χ4v) is 3.84. The number of piperidine rings is 1. The number of hydrogen-bond acceptors (Lipinski definition) is 6. The monoisotopic (exact) mass is 375 g/mol. The molecule has 0 radical (unpaired) electrons. The fourth-order valence-electron chi connectivity index (χ4n) is 3.84. The third kappa shape index (κ3) is 3.68. The number of likely N-dealkylation sites (tertiary alicyclic amines) is 1. The highest BCUT2D eigenvalue weighted by atomic mass is 16.5.